The van der Waals surface area contributed by atoms with Gasteiger partial charge >= 0.3 is 0 Å². The minimum absolute atomic E-state index is 0.236. The predicted molar refractivity (Wildman–Crippen MR) is 68.9 cm³/mol. The Kier molecular flexibility index (Phi) is 3.49. The molecule has 0 aliphatic heterocycles. The molecule has 0 saturated heterocycles. The van der Waals surface area contributed by atoms with Crippen molar-refractivity contribution in [3.8, 4) is 0 Å². The number of hydrogen-bond acceptors (Lipinski definition) is 3. The van der Waals surface area contributed by atoms with E-state index in [9.17, 15) is 4.79 Å². The van der Waals surface area contributed by atoms with Crippen molar-refractivity contribution in [3.63, 3.8) is 0 Å². The van der Waals surface area contributed by atoms with Gasteiger partial charge in [0.1, 0.15) is 5.69 Å². The van der Waals surface area contributed by atoms with Crippen LogP contribution in [0.4, 0.5) is 5.69 Å². The first-order valence-corrected chi connectivity index (χ1v) is 5.80. The molecule has 2 aromatic heterocycles. The summed E-state index contributed by atoms with van der Waals surface area (Å²) in [4.78, 5) is 20.0. The van der Waals surface area contributed by atoms with E-state index in [4.69, 9.17) is 0 Å². The topological polar surface area (TPSA) is 54.9 Å². The van der Waals surface area contributed by atoms with Gasteiger partial charge in [-0.3, -0.25) is 9.78 Å². The Morgan fingerprint density at radius 3 is 2.88 bits per heavy atom. The van der Waals surface area contributed by atoms with Crippen LogP contribution < -0.4 is 5.32 Å². The summed E-state index contributed by atoms with van der Waals surface area (Å²) in [6.45, 7) is 1.85. The number of carbonyl (C=O) groups is 1. The fourth-order valence-electron chi connectivity index (χ4n) is 1.33. The molecule has 5 heteroatoms. The molecule has 0 fully saturated rings. The maximum Gasteiger partial charge on any atom is 0.274 e. The fourth-order valence-corrected chi connectivity index (χ4v) is 1.68. The van der Waals surface area contributed by atoms with Crippen LogP contribution in [0.5, 0.6) is 0 Å². The number of carbonyl (C=O) groups excluding carboxylic acids is 1. The van der Waals surface area contributed by atoms with Crippen molar-refractivity contribution in [1.29, 1.82) is 0 Å². The number of halogens is 1. The highest BCUT2D eigenvalue weighted by Gasteiger charge is 2.09. The normalized spacial score (nSPS) is 10.0. The highest BCUT2D eigenvalue weighted by molar-refractivity contribution is 9.10. The van der Waals surface area contributed by atoms with E-state index in [1.807, 2.05) is 13.0 Å². The van der Waals surface area contributed by atoms with Gasteiger partial charge in [0.25, 0.3) is 5.91 Å². The molecular weight excluding hydrogens is 282 g/mol. The molecule has 1 N–H and O–H groups in total. The van der Waals surface area contributed by atoms with Crippen LogP contribution in [-0.4, -0.2) is 15.9 Å². The van der Waals surface area contributed by atoms with Crippen molar-refractivity contribution in [2.45, 2.75) is 6.92 Å². The Morgan fingerprint density at radius 1 is 1.35 bits per heavy atom. The third-order valence-electron chi connectivity index (χ3n) is 2.14. The zero-order valence-electron chi connectivity index (χ0n) is 9.14. The van der Waals surface area contributed by atoms with Crippen LogP contribution in [-0.2, 0) is 0 Å². The maximum absolute atomic E-state index is 11.9. The number of nitrogens with one attached hydrogen (secondary N) is 1. The molecule has 1 amide bonds. The van der Waals surface area contributed by atoms with Crippen LogP contribution in [0, 0.1) is 6.92 Å². The van der Waals surface area contributed by atoms with Gasteiger partial charge in [-0.1, -0.05) is 6.07 Å². The molecule has 4 nitrogen and oxygen atoms in total. The number of pyridine rings is 2. The molecule has 0 aromatic carbocycles. The van der Waals surface area contributed by atoms with Crippen molar-refractivity contribution in [3.05, 3.63) is 52.5 Å². The van der Waals surface area contributed by atoms with Crippen LogP contribution >= 0.6 is 15.9 Å². The molecule has 0 aliphatic rings. The van der Waals surface area contributed by atoms with Crippen molar-refractivity contribution in [2.75, 3.05) is 5.32 Å². The van der Waals surface area contributed by atoms with E-state index < -0.39 is 0 Å². The van der Waals surface area contributed by atoms with E-state index in [0.29, 0.717) is 11.4 Å². The van der Waals surface area contributed by atoms with Gasteiger partial charge in [-0.25, -0.2) is 4.98 Å². The zero-order valence-corrected chi connectivity index (χ0v) is 10.7. The Morgan fingerprint density at radius 2 is 2.18 bits per heavy atom. The third-order valence-corrected chi connectivity index (χ3v) is 2.77. The van der Waals surface area contributed by atoms with Crippen molar-refractivity contribution in [2.24, 2.45) is 0 Å². The van der Waals surface area contributed by atoms with Gasteiger partial charge in [0, 0.05) is 18.1 Å². The Bertz CT molecular complexity index is 557. The molecule has 0 spiro atoms. The maximum atomic E-state index is 11.9. The van der Waals surface area contributed by atoms with Crippen LogP contribution in [0.3, 0.4) is 0 Å². The van der Waals surface area contributed by atoms with E-state index in [-0.39, 0.29) is 5.91 Å². The van der Waals surface area contributed by atoms with E-state index in [0.717, 1.165) is 10.2 Å². The first kappa shape index (κ1) is 11.7. The molecule has 0 bridgehead atoms. The Labute approximate surface area is 107 Å². The predicted octanol–water partition coefficient (Wildman–Crippen LogP) is 2.80. The summed E-state index contributed by atoms with van der Waals surface area (Å²) in [7, 11) is 0. The van der Waals surface area contributed by atoms with E-state index in [1.54, 1.807) is 30.6 Å². The molecular formula is C12H10BrN3O. The van der Waals surface area contributed by atoms with Crippen LogP contribution in [0.2, 0.25) is 0 Å². The minimum atomic E-state index is -0.236. The molecule has 2 aromatic rings. The number of hydrogen-bond donors (Lipinski definition) is 1. The van der Waals surface area contributed by atoms with Gasteiger partial charge in [0.05, 0.1) is 10.2 Å². The van der Waals surface area contributed by atoms with Gasteiger partial charge in [-0.15, -0.1) is 0 Å². The molecule has 2 heterocycles. The van der Waals surface area contributed by atoms with Gasteiger partial charge in [0.15, 0.2) is 0 Å². The second kappa shape index (κ2) is 5.05. The van der Waals surface area contributed by atoms with Crippen molar-refractivity contribution < 1.29 is 4.79 Å². The summed E-state index contributed by atoms with van der Waals surface area (Å²) in [6, 6.07) is 7.05. The van der Waals surface area contributed by atoms with Gasteiger partial charge in [-0.2, -0.15) is 0 Å². The molecule has 86 valence electrons. The second-order valence-electron chi connectivity index (χ2n) is 3.47. The number of aromatic nitrogens is 2. The zero-order chi connectivity index (χ0) is 12.3. The largest absolute Gasteiger partial charge is 0.319 e. The molecule has 0 saturated carbocycles. The monoisotopic (exact) mass is 291 g/mol. The minimum Gasteiger partial charge on any atom is -0.319 e. The average molecular weight is 292 g/mol. The first-order chi connectivity index (χ1) is 8.16. The second-order valence-corrected chi connectivity index (χ2v) is 4.33. The summed E-state index contributed by atoms with van der Waals surface area (Å²) in [5.74, 6) is -0.236. The summed E-state index contributed by atoms with van der Waals surface area (Å²) >= 11 is 3.31. The van der Waals surface area contributed by atoms with Crippen LogP contribution in [0.25, 0.3) is 0 Å². The van der Waals surface area contributed by atoms with Crippen LogP contribution in [0.1, 0.15) is 16.2 Å². The number of anilines is 1. The quantitative estimate of drug-likeness (QED) is 0.926. The fraction of sp³-hybridized carbons (Fsp3) is 0.0833. The smallest absolute Gasteiger partial charge is 0.274 e. The lowest BCUT2D eigenvalue weighted by atomic mass is 10.3. The lowest BCUT2D eigenvalue weighted by Crippen LogP contribution is -2.14. The third kappa shape index (κ3) is 2.88. The number of amides is 1. The van der Waals surface area contributed by atoms with E-state index in [2.05, 4.69) is 31.2 Å². The first-order valence-electron chi connectivity index (χ1n) is 5.01. The molecule has 2 rings (SSSR count). The average Bonchev–Trinajstić information content (AvgIpc) is 2.32. The van der Waals surface area contributed by atoms with Gasteiger partial charge in [0.2, 0.25) is 0 Å². The Hall–Kier alpha value is -1.75. The standard InChI is InChI=1S/C12H10BrN3O/c1-8-3-2-4-11(15-8)12(17)16-10-5-6-14-7-9(10)13/h2-7H,1H3,(H,14,16,17). The summed E-state index contributed by atoms with van der Waals surface area (Å²) < 4.78 is 0.737. The molecule has 0 aliphatic carbocycles. The SMILES string of the molecule is Cc1cccc(C(=O)Nc2ccncc2Br)n1. The summed E-state index contributed by atoms with van der Waals surface area (Å²) in [5.41, 5.74) is 1.88. The van der Waals surface area contributed by atoms with E-state index >= 15 is 0 Å². The number of nitrogens with zero attached hydrogens (tertiary/aromatic N) is 2. The van der Waals surface area contributed by atoms with Gasteiger partial charge in [-0.05, 0) is 41.1 Å². The van der Waals surface area contributed by atoms with Crippen LogP contribution in [0.15, 0.2) is 41.1 Å². The van der Waals surface area contributed by atoms with E-state index in [1.165, 1.54) is 0 Å². The summed E-state index contributed by atoms with van der Waals surface area (Å²) in [5, 5.41) is 2.77. The highest BCUT2D eigenvalue weighted by atomic mass is 79.9. The lowest BCUT2D eigenvalue weighted by molar-refractivity contribution is 0.102. The van der Waals surface area contributed by atoms with Crippen molar-refractivity contribution in [1.82, 2.24) is 9.97 Å². The summed E-state index contributed by atoms with van der Waals surface area (Å²) in [6.07, 6.45) is 3.24. The number of aryl methyl sites for hydroxylation is 1. The van der Waals surface area contributed by atoms with Crippen molar-refractivity contribution >= 4 is 27.5 Å². The molecule has 17 heavy (non-hydrogen) atoms. The molecule has 0 radical (unpaired) electrons. The highest BCUT2D eigenvalue weighted by Crippen LogP contribution is 2.20. The molecule has 0 unspecified atom stereocenters. The molecule has 0 atom stereocenters. The number of rotatable bonds is 2. The lowest BCUT2D eigenvalue weighted by Gasteiger charge is -2.06. The van der Waals surface area contributed by atoms with Gasteiger partial charge < -0.3 is 5.32 Å². The Balaban J connectivity index is 2.20.